The van der Waals surface area contributed by atoms with Crippen molar-refractivity contribution in [3.05, 3.63) is 47.4 Å². The molecule has 1 aromatic carbocycles. The number of alkyl halides is 3. The molecule has 5 nitrogen and oxygen atoms in total. The molecule has 1 fully saturated rings. The molecular formula is C20H23F4N5S. The molecule has 0 bridgehead atoms. The van der Waals surface area contributed by atoms with Gasteiger partial charge in [-0.25, -0.2) is 9.37 Å². The Hall–Kier alpha value is -2.49. The van der Waals surface area contributed by atoms with Gasteiger partial charge in [-0.1, -0.05) is 26.0 Å². The molecule has 0 saturated carbocycles. The molecule has 0 unspecified atom stereocenters. The molecule has 1 aromatic heterocycles. The fourth-order valence-corrected chi connectivity index (χ4v) is 3.74. The normalized spacial score (nSPS) is 19.5. The van der Waals surface area contributed by atoms with E-state index in [2.05, 4.69) is 34.4 Å². The van der Waals surface area contributed by atoms with Gasteiger partial charge in [-0.3, -0.25) is 0 Å². The zero-order chi connectivity index (χ0) is 21.9. The second kappa shape index (κ2) is 9.11. The average Bonchev–Trinajstić information content (AvgIpc) is 2.66. The van der Waals surface area contributed by atoms with Crippen LogP contribution in [-0.4, -0.2) is 28.2 Å². The first-order chi connectivity index (χ1) is 14.1. The number of thiocarbonyl (C=S) groups is 1. The summed E-state index contributed by atoms with van der Waals surface area (Å²) in [5.74, 6) is 0.355. The zero-order valence-electron chi connectivity index (χ0n) is 16.6. The highest BCUT2D eigenvalue weighted by molar-refractivity contribution is 7.80. The number of nitrogens with zero attached hydrogens (tertiary/aromatic N) is 3. The van der Waals surface area contributed by atoms with Crippen LogP contribution in [0.3, 0.4) is 0 Å². The van der Waals surface area contributed by atoms with Crippen molar-refractivity contribution in [3.63, 3.8) is 0 Å². The van der Waals surface area contributed by atoms with Crippen molar-refractivity contribution in [2.75, 3.05) is 23.3 Å². The van der Waals surface area contributed by atoms with Gasteiger partial charge in [-0.2, -0.15) is 18.2 Å². The molecule has 0 amide bonds. The van der Waals surface area contributed by atoms with Crippen molar-refractivity contribution in [1.82, 2.24) is 15.3 Å². The zero-order valence-corrected chi connectivity index (χ0v) is 17.4. The Morgan fingerprint density at radius 2 is 1.77 bits per heavy atom. The number of hydrogen-bond donors (Lipinski definition) is 2. The number of anilines is 2. The third-order valence-corrected chi connectivity index (χ3v) is 5.03. The Kier molecular flexibility index (Phi) is 6.74. The number of piperidine rings is 1. The van der Waals surface area contributed by atoms with Crippen molar-refractivity contribution in [2.45, 2.75) is 33.0 Å². The number of halogens is 4. The molecule has 162 valence electrons. The summed E-state index contributed by atoms with van der Waals surface area (Å²) < 4.78 is 53.2. The van der Waals surface area contributed by atoms with Crippen LogP contribution in [0.4, 0.5) is 29.3 Å². The van der Waals surface area contributed by atoms with Gasteiger partial charge in [0.1, 0.15) is 11.6 Å². The first-order valence-corrected chi connectivity index (χ1v) is 10.0. The van der Waals surface area contributed by atoms with Crippen LogP contribution in [0.1, 0.15) is 31.5 Å². The maximum Gasteiger partial charge on any atom is 0.433 e. The summed E-state index contributed by atoms with van der Waals surface area (Å²) in [5, 5.41) is 5.57. The second-order valence-electron chi connectivity index (χ2n) is 7.72. The fraction of sp³-hybridized carbons (Fsp3) is 0.450. The molecule has 0 aliphatic carbocycles. The van der Waals surface area contributed by atoms with E-state index in [1.807, 2.05) is 4.90 Å². The van der Waals surface area contributed by atoms with Gasteiger partial charge in [0, 0.05) is 25.7 Å². The minimum Gasteiger partial charge on any atom is -0.358 e. The number of aromatic nitrogens is 2. The highest BCUT2D eigenvalue weighted by Gasteiger charge is 2.35. The van der Waals surface area contributed by atoms with Crippen LogP contribution in [0.2, 0.25) is 0 Å². The molecule has 30 heavy (non-hydrogen) atoms. The molecule has 1 aliphatic heterocycles. The lowest BCUT2D eigenvalue weighted by molar-refractivity contribution is -0.141. The number of nitrogens with one attached hydrogen (secondary N) is 2. The Bertz CT molecular complexity index is 878. The molecule has 2 heterocycles. The molecule has 1 saturated heterocycles. The summed E-state index contributed by atoms with van der Waals surface area (Å²) in [6.45, 7) is 5.68. The number of hydrogen-bond acceptors (Lipinski definition) is 4. The molecule has 0 radical (unpaired) electrons. The van der Waals surface area contributed by atoms with E-state index in [4.69, 9.17) is 12.2 Å². The van der Waals surface area contributed by atoms with E-state index >= 15 is 0 Å². The summed E-state index contributed by atoms with van der Waals surface area (Å²) in [6.07, 6.45) is -3.58. The Morgan fingerprint density at radius 3 is 2.37 bits per heavy atom. The lowest BCUT2D eigenvalue weighted by Gasteiger charge is -2.36. The van der Waals surface area contributed by atoms with Crippen LogP contribution >= 0.6 is 12.2 Å². The topological polar surface area (TPSA) is 53.1 Å². The van der Waals surface area contributed by atoms with E-state index in [-0.39, 0.29) is 29.2 Å². The molecule has 2 atom stereocenters. The van der Waals surface area contributed by atoms with E-state index < -0.39 is 11.9 Å². The molecule has 1 aliphatic rings. The molecule has 2 N–H and O–H groups in total. The largest absolute Gasteiger partial charge is 0.433 e. The third-order valence-electron chi connectivity index (χ3n) is 4.79. The summed E-state index contributed by atoms with van der Waals surface area (Å²) in [6, 6.07) is 6.78. The van der Waals surface area contributed by atoms with Gasteiger partial charge in [0.25, 0.3) is 0 Å². The Morgan fingerprint density at radius 1 is 1.13 bits per heavy atom. The fourth-order valence-electron chi connectivity index (χ4n) is 3.58. The average molecular weight is 441 g/mol. The molecule has 3 rings (SSSR count). The van der Waals surface area contributed by atoms with Crippen LogP contribution in [0.15, 0.2) is 30.3 Å². The predicted molar refractivity (Wildman–Crippen MR) is 112 cm³/mol. The third kappa shape index (κ3) is 6.01. The van der Waals surface area contributed by atoms with E-state index in [9.17, 15) is 17.6 Å². The van der Waals surface area contributed by atoms with Crippen LogP contribution in [-0.2, 0) is 12.7 Å². The van der Waals surface area contributed by atoms with Gasteiger partial charge in [-0.15, -0.1) is 0 Å². The van der Waals surface area contributed by atoms with Gasteiger partial charge in [-0.05, 0) is 48.2 Å². The molecule has 0 spiro atoms. The summed E-state index contributed by atoms with van der Waals surface area (Å²) >= 11 is 5.16. The number of rotatable bonds is 4. The highest BCUT2D eigenvalue weighted by atomic mass is 32.1. The van der Waals surface area contributed by atoms with Crippen molar-refractivity contribution >= 4 is 29.1 Å². The van der Waals surface area contributed by atoms with Gasteiger partial charge < -0.3 is 15.5 Å². The van der Waals surface area contributed by atoms with Crippen LogP contribution in [0, 0.1) is 17.7 Å². The monoisotopic (exact) mass is 441 g/mol. The van der Waals surface area contributed by atoms with Crippen molar-refractivity contribution in [2.24, 2.45) is 11.8 Å². The first kappa shape index (κ1) is 22.2. The smallest absolute Gasteiger partial charge is 0.358 e. The van der Waals surface area contributed by atoms with Gasteiger partial charge in [0.2, 0.25) is 5.95 Å². The predicted octanol–water partition coefficient (Wildman–Crippen LogP) is 4.60. The SMILES string of the molecule is C[C@@H]1C[C@@H](C)CN(c2cc(C(F)(F)F)nc(NC(=S)NCc3ccc(F)cc3)n2)C1. The minimum absolute atomic E-state index is 0.0741. The van der Waals surface area contributed by atoms with E-state index in [1.165, 1.54) is 12.1 Å². The maximum atomic E-state index is 13.4. The Labute approximate surface area is 177 Å². The minimum atomic E-state index is -4.61. The van der Waals surface area contributed by atoms with E-state index in [0.717, 1.165) is 18.1 Å². The van der Waals surface area contributed by atoms with Gasteiger partial charge >= 0.3 is 6.18 Å². The maximum absolute atomic E-state index is 13.4. The van der Waals surface area contributed by atoms with Crippen molar-refractivity contribution < 1.29 is 17.6 Å². The Balaban J connectivity index is 1.75. The lowest BCUT2D eigenvalue weighted by atomic mass is 9.92. The summed E-state index contributed by atoms with van der Waals surface area (Å²) in [4.78, 5) is 9.72. The van der Waals surface area contributed by atoms with Gasteiger partial charge in [0.15, 0.2) is 10.8 Å². The van der Waals surface area contributed by atoms with Crippen LogP contribution in [0.25, 0.3) is 0 Å². The lowest BCUT2D eigenvalue weighted by Crippen LogP contribution is -2.39. The standard InChI is InChI=1S/C20H23F4N5S/c1-12-7-13(2)11-29(10-12)17-8-16(20(22,23)24)26-18(27-17)28-19(30)25-9-14-3-5-15(21)6-4-14/h3-6,8,12-13H,7,9-11H2,1-2H3,(H2,25,26,27,28,30)/t12-,13-/m1/s1. The van der Waals surface area contributed by atoms with E-state index in [0.29, 0.717) is 24.9 Å². The summed E-state index contributed by atoms with van der Waals surface area (Å²) in [5.41, 5.74) is -0.260. The van der Waals surface area contributed by atoms with Crippen molar-refractivity contribution in [1.29, 1.82) is 0 Å². The summed E-state index contributed by atoms with van der Waals surface area (Å²) in [7, 11) is 0. The highest BCUT2D eigenvalue weighted by Crippen LogP contribution is 2.32. The van der Waals surface area contributed by atoms with Crippen molar-refractivity contribution in [3.8, 4) is 0 Å². The first-order valence-electron chi connectivity index (χ1n) is 9.60. The quantitative estimate of drug-likeness (QED) is 0.534. The van der Waals surface area contributed by atoms with Crippen LogP contribution in [0.5, 0.6) is 0 Å². The number of benzene rings is 1. The van der Waals surface area contributed by atoms with E-state index in [1.54, 1.807) is 12.1 Å². The second-order valence-corrected chi connectivity index (χ2v) is 8.13. The van der Waals surface area contributed by atoms with Crippen LogP contribution < -0.4 is 15.5 Å². The van der Waals surface area contributed by atoms with Gasteiger partial charge in [0.05, 0.1) is 0 Å². The molecule has 2 aromatic rings. The molecule has 10 heteroatoms. The molecular weight excluding hydrogens is 418 g/mol.